The molecule has 0 unspecified atom stereocenters. The summed E-state index contributed by atoms with van der Waals surface area (Å²) in [6.07, 6.45) is 1.16. The van der Waals surface area contributed by atoms with Gasteiger partial charge in [0.15, 0.2) is 5.78 Å². The number of rotatable bonds is 4. The van der Waals surface area contributed by atoms with Crippen molar-refractivity contribution in [2.24, 2.45) is 0 Å². The molecule has 0 saturated heterocycles. The maximum atomic E-state index is 13.7. The highest BCUT2D eigenvalue weighted by Gasteiger charge is 2.37. The van der Waals surface area contributed by atoms with Crippen LogP contribution in [-0.4, -0.2) is 20.0 Å². The van der Waals surface area contributed by atoms with Gasteiger partial charge in [0.2, 0.25) is 0 Å². The Hall–Kier alpha value is -3.44. The highest BCUT2D eigenvalue weighted by atomic mass is 35.5. The van der Waals surface area contributed by atoms with Crippen LogP contribution in [0.5, 0.6) is 11.5 Å². The summed E-state index contributed by atoms with van der Waals surface area (Å²) < 4.78 is 11.2. The molecule has 0 saturated carbocycles. The summed E-state index contributed by atoms with van der Waals surface area (Å²) in [5.41, 5.74) is 5.52. The maximum absolute atomic E-state index is 13.7. The number of methoxy groups -OCH3 is 2. The number of nitrogens with one attached hydrogen (secondary N) is 2. The summed E-state index contributed by atoms with van der Waals surface area (Å²) in [5.74, 6) is 1.60. The summed E-state index contributed by atoms with van der Waals surface area (Å²) in [6.45, 7) is 0. The molecule has 0 aromatic heterocycles. The van der Waals surface area contributed by atoms with Gasteiger partial charge < -0.3 is 20.1 Å². The third kappa shape index (κ3) is 4.05. The van der Waals surface area contributed by atoms with Gasteiger partial charge in [0.25, 0.3) is 0 Å². The summed E-state index contributed by atoms with van der Waals surface area (Å²) in [6, 6.07) is 21.1. The van der Waals surface area contributed by atoms with Gasteiger partial charge in [-0.15, -0.1) is 0 Å². The number of fused-ring (bicyclic) bond motifs is 1. The second-order valence-electron chi connectivity index (χ2n) is 8.33. The molecule has 1 heterocycles. The number of hydrogen-bond acceptors (Lipinski definition) is 5. The van der Waals surface area contributed by atoms with Gasteiger partial charge in [-0.2, -0.15) is 0 Å². The van der Waals surface area contributed by atoms with Crippen LogP contribution >= 0.6 is 11.6 Å². The maximum Gasteiger partial charge on any atom is 0.163 e. The van der Waals surface area contributed by atoms with Crippen LogP contribution < -0.4 is 20.1 Å². The smallest absolute Gasteiger partial charge is 0.163 e. The van der Waals surface area contributed by atoms with E-state index in [1.165, 1.54) is 0 Å². The molecule has 1 aliphatic carbocycles. The molecule has 5 rings (SSSR count). The fourth-order valence-electron chi connectivity index (χ4n) is 4.76. The molecule has 1 aliphatic heterocycles. The van der Waals surface area contributed by atoms with Gasteiger partial charge in [0.05, 0.1) is 31.6 Å². The van der Waals surface area contributed by atoms with Crippen molar-refractivity contribution in [3.63, 3.8) is 0 Å². The van der Waals surface area contributed by atoms with Crippen LogP contribution in [0.2, 0.25) is 5.02 Å². The number of ketones is 1. The zero-order chi connectivity index (χ0) is 22.9. The first kappa shape index (κ1) is 21.4. The van der Waals surface area contributed by atoms with E-state index in [1.807, 2.05) is 66.7 Å². The Morgan fingerprint density at radius 3 is 2.39 bits per heavy atom. The van der Waals surface area contributed by atoms with Crippen molar-refractivity contribution >= 4 is 28.8 Å². The number of carbonyl (C=O) groups excluding carboxylic acids is 1. The molecule has 6 heteroatoms. The highest BCUT2D eigenvalue weighted by Crippen LogP contribution is 2.46. The van der Waals surface area contributed by atoms with E-state index < -0.39 is 0 Å². The minimum absolute atomic E-state index is 0.0825. The summed E-state index contributed by atoms with van der Waals surface area (Å²) in [5, 5.41) is 7.86. The number of ether oxygens (including phenoxy) is 2. The fraction of sp³-hybridized carbons (Fsp3) is 0.222. The number of hydrogen-bond donors (Lipinski definition) is 2. The van der Waals surface area contributed by atoms with Gasteiger partial charge in [0, 0.05) is 28.3 Å². The van der Waals surface area contributed by atoms with Gasteiger partial charge in [-0.05, 0) is 60.4 Å². The standard InChI is InChI=1S/C27H25ClN2O3/c1-32-19-11-12-25(33-2)20(15-19)27-26-23(29-21-5-3-4-6-22(21)30-27)13-17(14-24(26)31)16-7-9-18(28)10-8-16/h3-12,15,17,27,29-30H,13-14H2,1-2H3/t17-,27-/m0/s1. The largest absolute Gasteiger partial charge is 0.497 e. The predicted molar refractivity (Wildman–Crippen MR) is 131 cm³/mol. The van der Waals surface area contributed by atoms with Gasteiger partial charge in [-0.3, -0.25) is 4.79 Å². The summed E-state index contributed by atoms with van der Waals surface area (Å²) in [7, 11) is 3.28. The van der Waals surface area contributed by atoms with Crippen LogP contribution in [0, 0.1) is 0 Å². The third-order valence-electron chi connectivity index (χ3n) is 6.40. The van der Waals surface area contributed by atoms with Gasteiger partial charge in [-0.1, -0.05) is 35.9 Å². The Labute approximate surface area is 198 Å². The molecule has 2 atom stereocenters. The van der Waals surface area contributed by atoms with Crippen LogP contribution in [0.3, 0.4) is 0 Å². The number of halogens is 1. The molecule has 3 aromatic carbocycles. The zero-order valence-corrected chi connectivity index (χ0v) is 19.3. The topological polar surface area (TPSA) is 59.6 Å². The number of anilines is 2. The van der Waals surface area contributed by atoms with Gasteiger partial charge in [0.1, 0.15) is 11.5 Å². The van der Waals surface area contributed by atoms with E-state index in [0.29, 0.717) is 22.9 Å². The molecule has 0 fully saturated rings. The fourth-order valence-corrected chi connectivity index (χ4v) is 4.89. The Morgan fingerprint density at radius 2 is 1.67 bits per heavy atom. The lowest BCUT2D eigenvalue weighted by atomic mass is 9.78. The van der Waals surface area contributed by atoms with Crippen LogP contribution in [0.4, 0.5) is 11.4 Å². The predicted octanol–water partition coefficient (Wildman–Crippen LogP) is 6.34. The van der Waals surface area contributed by atoms with Crippen LogP contribution in [0.25, 0.3) is 0 Å². The minimum Gasteiger partial charge on any atom is -0.497 e. The lowest BCUT2D eigenvalue weighted by Gasteiger charge is -2.30. The molecule has 0 radical (unpaired) electrons. The van der Waals surface area contributed by atoms with E-state index in [4.69, 9.17) is 21.1 Å². The molecular weight excluding hydrogens is 436 g/mol. The van der Waals surface area contributed by atoms with Crippen LogP contribution in [0.15, 0.2) is 78.0 Å². The number of para-hydroxylation sites is 2. The van der Waals surface area contributed by atoms with Gasteiger partial charge in [-0.25, -0.2) is 0 Å². The second-order valence-corrected chi connectivity index (χ2v) is 8.76. The van der Waals surface area contributed by atoms with E-state index in [1.54, 1.807) is 14.2 Å². The Morgan fingerprint density at radius 1 is 0.909 bits per heavy atom. The van der Waals surface area contributed by atoms with E-state index in [9.17, 15) is 4.79 Å². The quantitative estimate of drug-likeness (QED) is 0.476. The number of carbonyl (C=O) groups is 1. The molecular formula is C27H25ClN2O3. The zero-order valence-electron chi connectivity index (χ0n) is 18.5. The van der Waals surface area contributed by atoms with Crippen molar-refractivity contribution in [2.75, 3.05) is 24.9 Å². The average molecular weight is 461 g/mol. The van der Waals surface area contributed by atoms with Crippen molar-refractivity contribution in [1.29, 1.82) is 0 Å². The SMILES string of the molecule is COc1ccc(OC)c([C@@H]2Nc3ccccc3NC3=C2C(=O)C[C@@H](c2ccc(Cl)cc2)C3)c1. The van der Waals surface area contributed by atoms with E-state index in [0.717, 1.165) is 40.2 Å². The lowest BCUT2D eigenvalue weighted by Crippen LogP contribution is -2.27. The van der Waals surface area contributed by atoms with Crippen molar-refractivity contribution < 1.29 is 14.3 Å². The molecule has 0 bridgehead atoms. The van der Waals surface area contributed by atoms with Crippen molar-refractivity contribution in [2.45, 2.75) is 24.8 Å². The van der Waals surface area contributed by atoms with E-state index >= 15 is 0 Å². The molecule has 0 amide bonds. The first-order valence-corrected chi connectivity index (χ1v) is 11.3. The lowest BCUT2D eigenvalue weighted by molar-refractivity contribution is -0.116. The normalized spacial score (nSPS) is 19.5. The minimum atomic E-state index is -0.375. The van der Waals surface area contributed by atoms with Crippen molar-refractivity contribution in [3.05, 3.63) is 94.1 Å². The van der Waals surface area contributed by atoms with Crippen molar-refractivity contribution in [3.8, 4) is 11.5 Å². The second kappa shape index (κ2) is 8.83. The highest BCUT2D eigenvalue weighted by molar-refractivity contribution is 6.30. The molecule has 2 N–H and O–H groups in total. The molecule has 33 heavy (non-hydrogen) atoms. The molecule has 2 aliphatic rings. The monoisotopic (exact) mass is 460 g/mol. The van der Waals surface area contributed by atoms with Gasteiger partial charge >= 0.3 is 0 Å². The summed E-state index contributed by atoms with van der Waals surface area (Å²) in [4.78, 5) is 13.7. The number of Topliss-reactive ketones (excluding diaryl/α,β-unsaturated/α-hetero) is 1. The first-order chi connectivity index (χ1) is 16.1. The Balaban J connectivity index is 1.64. The van der Waals surface area contributed by atoms with Crippen LogP contribution in [0.1, 0.15) is 35.9 Å². The average Bonchev–Trinajstić information content (AvgIpc) is 3.01. The number of allylic oxidation sites excluding steroid dienone is 1. The molecule has 0 spiro atoms. The first-order valence-electron chi connectivity index (χ1n) is 10.9. The van der Waals surface area contributed by atoms with Crippen molar-refractivity contribution in [1.82, 2.24) is 0 Å². The molecule has 3 aromatic rings. The molecule has 168 valence electrons. The van der Waals surface area contributed by atoms with E-state index in [-0.39, 0.29) is 17.7 Å². The Bertz CT molecular complexity index is 1240. The summed E-state index contributed by atoms with van der Waals surface area (Å²) >= 11 is 6.09. The Kier molecular flexibility index (Phi) is 5.73. The third-order valence-corrected chi connectivity index (χ3v) is 6.65. The molecule has 5 nitrogen and oxygen atoms in total. The van der Waals surface area contributed by atoms with Crippen LogP contribution in [-0.2, 0) is 4.79 Å². The van der Waals surface area contributed by atoms with E-state index in [2.05, 4.69) is 10.6 Å². The number of benzene rings is 3.